The van der Waals surface area contributed by atoms with Crippen LogP contribution < -0.4 is 5.32 Å². The minimum Gasteiger partial charge on any atom is -0.316 e. The second-order valence-corrected chi connectivity index (χ2v) is 5.75. The average molecular weight is 268 g/mol. The number of halogens is 1. The molecule has 1 aromatic rings. The molecule has 1 atom stereocenters. The van der Waals surface area contributed by atoms with E-state index in [0.717, 1.165) is 6.42 Å². The summed E-state index contributed by atoms with van der Waals surface area (Å²) < 4.78 is 13.9. The molecule has 19 heavy (non-hydrogen) atoms. The fraction of sp³-hybridized carbons (Fsp3) is 0.571. The smallest absolute Gasteiger partial charge is 0.305 e. The van der Waals surface area contributed by atoms with Crippen LogP contribution >= 0.6 is 0 Å². The van der Waals surface area contributed by atoms with E-state index >= 15 is 0 Å². The molecule has 4 nitrogen and oxygen atoms in total. The molecule has 0 saturated heterocycles. The first-order valence-corrected chi connectivity index (χ1v) is 6.36. The van der Waals surface area contributed by atoms with Crippen molar-refractivity contribution in [3.8, 4) is 0 Å². The SMILES string of the molecule is CNC(CCc1cccc([N+](=O)[O-])c1F)C(C)(C)C. The van der Waals surface area contributed by atoms with Gasteiger partial charge in [0.25, 0.3) is 0 Å². The maximum absolute atomic E-state index is 13.9. The maximum atomic E-state index is 13.9. The lowest BCUT2D eigenvalue weighted by molar-refractivity contribution is -0.387. The van der Waals surface area contributed by atoms with Crippen LogP contribution in [0.4, 0.5) is 10.1 Å². The van der Waals surface area contributed by atoms with Crippen LogP contribution in [-0.4, -0.2) is 18.0 Å². The van der Waals surface area contributed by atoms with Crippen LogP contribution in [0.15, 0.2) is 18.2 Å². The van der Waals surface area contributed by atoms with Crippen molar-refractivity contribution >= 4 is 5.69 Å². The summed E-state index contributed by atoms with van der Waals surface area (Å²) in [6.07, 6.45) is 1.22. The van der Waals surface area contributed by atoms with E-state index in [0.29, 0.717) is 12.0 Å². The molecule has 1 aromatic carbocycles. The van der Waals surface area contributed by atoms with Crippen LogP contribution in [0.25, 0.3) is 0 Å². The van der Waals surface area contributed by atoms with Gasteiger partial charge >= 0.3 is 5.69 Å². The van der Waals surface area contributed by atoms with Crippen molar-refractivity contribution in [2.24, 2.45) is 5.41 Å². The van der Waals surface area contributed by atoms with E-state index in [1.807, 2.05) is 7.05 Å². The summed E-state index contributed by atoms with van der Waals surface area (Å²) in [5, 5.41) is 13.9. The number of nitrogens with one attached hydrogen (secondary N) is 1. The third kappa shape index (κ3) is 3.99. The predicted octanol–water partition coefficient (Wildman–Crippen LogP) is 3.30. The van der Waals surface area contributed by atoms with Gasteiger partial charge in [-0.15, -0.1) is 0 Å². The standard InChI is InChI=1S/C14H21FN2O2/c1-14(2,3)12(16-4)9-8-10-6-5-7-11(13(10)15)17(18)19/h5-7,12,16H,8-9H2,1-4H3. The summed E-state index contributed by atoms with van der Waals surface area (Å²) in [5.41, 5.74) is 0.0133. The van der Waals surface area contributed by atoms with E-state index in [1.54, 1.807) is 6.07 Å². The summed E-state index contributed by atoms with van der Waals surface area (Å²) in [6.45, 7) is 6.33. The Kier molecular flexibility index (Phi) is 5.00. The summed E-state index contributed by atoms with van der Waals surface area (Å²) >= 11 is 0. The van der Waals surface area contributed by atoms with Crippen molar-refractivity contribution in [2.75, 3.05) is 7.05 Å². The third-order valence-electron chi connectivity index (χ3n) is 3.35. The largest absolute Gasteiger partial charge is 0.316 e. The molecule has 0 radical (unpaired) electrons. The lowest BCUT2D eigenvalue weighted by Gasteiger charge is -2.30. The van der Waals surface area contributed by atoms with Crippen LogP contribution in [0.5, 0.6) is 0 Å². The van der Waals surface area contributed by atoms with Gasteiger partial charge in [-0.05, 0) is 30.9 Å². The first-order chi connectivity index (χ1) is 8.77. The number of rotatable bonds is 5. The number of hydrogen-bond donors (Lipinski definition) is 1. The molecule has 0 aromatic heterocycles. The lowest BCUT2D eigenvalue weighted by Crippen LogP contribution is -2.38. The van der Waals surface area contributed by atoms with Gasteiger partial charge in [-0.1, -0.05) is 32.9 Å². The van der Waals surface area contributed by atoms with E-state index in [2.05, 4.69) is 26.1 Å². The Bertz CT molecular complexity index is 455. The molecular formula is C14H21FN2O2. The normalized spacial score (nSPS) is 13.3. The molecular weight excluding hydrogens is 247 g/mol. The number of aryl methyl sites for hydroxylation is 1. The van der Waals surface area contributed by atoms with Crippen molar-refractivity contribution in [1.29, 1.82) is 0 Å². The van der Waals surface area contributed by atoms with E-state index in [4.69, 9.17) is 0 Å². The maximum Gasteiger partial charge on any atom is 0.305 e. The Morgan fingerprint density at radius 3 is 2.53 bits per heavy atom. The van der Waals surface area contributed by atoms with Gasteiger partial charge in [0.2, 0.25) is 5.82 Å². The molecule has 0 bridgehead atoms. The quantitative estimate of drug-likeness (QED) is 0.658. The molecule has 0 heterocycles. The van der Waals surface area contributed by atoms with Gasteiger partial charge in [0.05, 0.1) is 4.92 Å². The molecule has 0 spiro atoms. The molecule has 0 aliphatic heterocycles. The number of nitro groups is 1. The Morgan fingerprint density at radius 1 is 1.42 bits per heavy atom. The molecule has 1 unspecified atom stereocenters. The van der Waals surface area contributed by atoms with Crippen LogP contribution in [0.1, 0.15) is 32.8 Å². The van der Waals surface area contributed by atoms with Gasteiger partial charge in [0.15, 0.2) is 0 Å². The van der Waals surface area contributed by atoms with Crippen molar-refractivity contribution in [2.45, 2.75) is 39.7 Å². The average Bonchev–Trinajstić information content (AvgIpc) is 2.29. The van der Waals surface area contributed by atoms with Crippen LogP contribution in [0, 0.1) is 21.3 Å². The second-order valence-electron chi connectivity index (χ2n) is 5.75. The van der Waals surface area contributed by atoms with Crippen molar-refractivity contribution in [3.05, 3.63) is 39.7 Å². The first kappa shape index (κ1) is 15.6. The van der Waals surface area contributed by atoms with E-state index in [1.165, 1.54) is 12.1 Å². The molecule has 0 amide bonds. The van der Waals surface area contributed by atoms with Crippen molar-refractivity contribution < 1.29 is 9.31 Å². The van der Waals surface area contributed by atoms with Crippen LogP contribution in [0.3, 0.4) is 0 Å². The number of nitrogens with zero attached hydrogens (tertiary/aromatic N) is 1. The molecule has 0 fully saturated rings. The van der Waals surface area contributed by atoms with Gasteiger partial charge in [-0.25, -0.2) is 0 Å². The molecule has 0 saturated carbocycles. The van der Waals surface area contributed by atoms with Crippen LogP contribution in [-0.2, 0) is 6.42 Å². The highest BCUT2D eigenvalue weighted by Crippen LogP contribution is 2.25. The van der Waals surface area contributed by atoms with E-state index in [9.17, 15) is 14.5 Å². The fourth-order valence-electron chi connectivity index (χ4n) is 2.21. The second kappa shape index (κ2) is 6.10. The number of nitro benzene ring substituents is 1. The highest BCUT2D eigenvalue weighted by molar-refractivity contribution is 5.36. The Labute approximate surface area is 113 Å². The Hall–Kier alpha value is -1.49. The minimum atomic E-state index is -0.712. The topological polar surface area (TPSA) is 55.2 Å². The zero-order valence-corrected chi connectivity index (χ0v) is 11.9. The lowest BCUT2D eigenvalue weighted by atomic mass is 9.83. The Morgan fingerprint density at radius 2 is 2.05 bits per heavy atom. The van der Waals surface area contributed by atoms with Gasteiger partial charge in [0.1, 0.15) is 0 Å². The van der Waals surface area contributed by atoms with Gasteiger partial charge in [-0.2, -0.15) is 4.39 Å². The summed E-state index contributed by atoms with van der Waals surface area (Å²) in [6, 6.07) is 4.56. The summed E-state index contributed by atoms with van der Waals surface area (Å²) in [5.74, 6) is -0.712. The predicted molar refractivity (Wildman–Crippen MR) is 73.7 cm³/mol. The van der Waals surface area contributed by atoms with E-state index in [-0.39, 0.29) is 11.5 Å². The molecule has 1 rings (SSSR count). The van der Waals surface area contributed by atoms with Gasteiger partial charge in [0, 0.05) is 12.1 Å². The summed E-state index contributed by atoms with van der Waals surface area (Å²) in [7, 11) is 1.87. The summed E-state index contributed by atoms with van der Waals surface area (Å²) in [4.78, 5) is 10.00. The van der Waals surface area contributed by atoms with Crippen molar-refractivity contribution in [1.82, 2.24) is 5.32 Å². The van der Waals surface area contributed by atoms with Crippen LogP contribution in [0.2, 0.25) is 0 Å². The van der Waals surface area contributed by atoms with E-state index < -0.39 is 16.4 Å². The molecule has 106 valence electrons. The van der Waals surface area contributed by atoms with Gasteiger partial charge < -0.3 is 5.32 Å². The molecule has 0 aliphatic carbocycles. The zero-order valence-electron chi connectivity index (χ0n) is 11.9. The first-order valence-electron chi connectivity index (χ1n) is 6.36. The fourth-order valence-corrected chi connectivity index (χ4v) is 2.21. The highest BCUT2D eigenvalue weighted by Gasteiger charge is 2.24. The number of hydrogen-bond acceptors (Lipinski definition) is 3. The van der Waals surface area contributed by atoms with Gasteiger partial charge in [-0.3, -0.25) is 10.1 Å². The molecule has 1 N–H and O–H groups in total. The van der Waals surface area contributed by atoms with Crippen molar-refractivity contribution in [3.63, 3.8) is 0 Å². The molecule has 5 heteroatoms. The zero-order chi connectivity index (χ0) is 14.6. The Balaban J connectivity index is 2.84. The minimum absolute atomic E-state index is 0.0614. The molecule has 0 aliphatic rings. The number of benzene rings is 1. The highest BCUT2D eigenvalue weighted by atomic mass is 19.1. The monoisotopic (exact) mass is 268 g/mol. The third-order valence-corrected chi connectivity index (χ3v) is 3.35.